The van der Waals surface area contributed by atoms with E-state index in [0.717, 1.165) is 26.8 Å². The summed E-state index contributed by atoms with van der Waals surface area (Å²) in [4.78, 5) is 0. The van der Waals surface area contributed by atoms with Crippen molar-refractivity contribution in [3.8, 4) is 0 Å². The summed E-state index contributed by atoms with van der Waals surface area (Å²) in [7, 11) is 0. The van der Waals surface area contributed by atoms with Crippen LogP contribution in [0.3, 0.4) is 0 Å². The molecule has 1 aromatic heterocycles. The largest absolute Gasteiger partial charge is 0.388 e. The molecule has 0 fully saturated rings. The lowest BCUT2D eigenvalue weighted by Crippen LogP contribution is -2.10. The van der Waals surface area contributed by atoms with Crippen LogP contribution in [0.25, 0.3) is 0 Å². The fourth-order valence-corrected chi connectivity index (χ4v) is 3.38. The van der Waals surface area contributed by atoms with Crippen LogP contribution in [0.5, 0.6) is 0 Å². The van der Waals surface area contributed by atoms with Gasteiger partial charge in [-0.1, -0.05) is 22.9 Å². The highest BCUT2D eigenvalue weighted by molar-refractivity contribution is 9.10. The van der Waals surface area contributed by atoms with E-state index in [1.807, 2.05) is 18.5 Å². The summed E-state index contributed by atoms with van der Waals surface area (Å²) in [6.45, 7) is 4.73. The van der Waals surface area contributed by atoms with E-state index >= 15 is 0 Å². The smallest absolute Gasteiger partial charge is 0.129 e. The Morgan fingerprint density at radius 1 is 1.33 bits per heavy atom. The number of halogens is 3. The second kappa shape index (κ2) is 7.03. The first-order chi connectivity index (χ1) is 9.97. The first kappa shape index (κ1) is 16.6. The fraction of sp³-hybridized carbons (Fsp3) is 0.400. The number of aliphatic hydroxyl groups is 1. The van der Waals surface area contributed by atoms with Gasteiger partial charge in [0.15, 0.2) is 0 Å². The Morgan fingerprint density at radius 2 is 2.05 bits per heavy atom. The van der Waals surface area contributed by atoms with Crippen molar-refractivity contribution in [2.24, 2.45) is 0 Å². The lowest BCUT2D eigenvalue weighted by molar-refractivity contribution is 0.170. The Hall–Kier alpha value is -0.720. The maximum Gasteiger partial charge on any atom is 0.129 e. The van der Waals surface area contributed by atoms with Gasteiger partial charge in [-0.05, 0) is 47.5 Å². The molecular weight excluding hydrogens is 403 g/mol. The Morgan fingerprint density at radius 3 is 2.67 bits per heavy atom. The van der Waals surface area contributed by atoms with Gasteiger partial charge in [-0.3, -0.25) is 4.68 Å². The average molecular weight is 420 g/mol. The molecule has 2 rings (SSSR count). The Bertz CT molecular complexity index is 643. The van der Waals surface area contributed by atoms with Gasteiger partial charge in [-0.2, -0.15) is 5.10 Å². The molecule has 6 heteroatoms. The number of hydrogen-bond donors (Lipinski definition) is 1. The highest BCUT2D eigenvalue weighted by Crippen LogP contribution is 2.29. The predicted octanol–water partition coefficient (Wildman–Crippen LogP) is 4.41. The maximum atomic E-state index is 13.9. The quantitative estimate of drug-likeness (QED) is 0.779. The summed E-state index contributed by atoms with van der Waals surface area (Å²) >= 11 is 6.84. The minimum atomic E-state index is -0.912. The van der Waals surface area contributed by atoms with E-state index in [2.05, 4.69) is 37.0 Å². The molecule has 2 aromatic rings. The SMILES string of the molecule is CCc1nn(CC)c(CC(O)c2cc(Br)ccc2F)c1Br. The lowest BCUT2D eigenvalue weighted by atomic mass is 10.0. The molecule has 1 atom stereocenters. The molecule has 1 N–H and O–H groups in total. The third-order valence-electron chi connectivity index (χ3n) is 3.40. The standard InChI is InChI=1S/C15H17Br2FN2O/c1-3-12-15(17)13(20(4-2)19-12)8-14(21)10-7-9(16)5-6-11(10)18/h5-7,14,21H,3-4,8H2,1-2H3. The molecule has 1 aromatic carbocycles. The molecule has 0 saturated carbocycles. The second-order valence-corrected chi connectivity index (χ2v) is 6.47. The van der Waals surface area contributed by atoms with Gasteiger partial charge in [-0.25, -0.2) is 4.39 Å². The molecule has 0 amide bonds. The summed E-state index contributed by atoms with van der Waals surface area (Å²) < 4.78 is 17.4. The number of benzene rings is 1. The molecule has 21 heavy (non-hydrogen) atoms. The zero-order chi connectivity index (χ0) is 15.6. The van der Waals surface area contributed by atoms with Crippen molar-refractivity contribution in [2.45, 2.75) is 39.3 Å². The van der Waals surface area contributed by atoms with Crippen molar-refractivity contribution in [3.05, 3.63) is 49.9 Å². The van der Waals surface area contributed by atoms with Crippen LogP contribution in [-0.2, 0) is 19.4 Å². The molecule has 114 valence electrons. The Kier molecular flexibility index (Phi) is 5.57. The van der Waals surface area contributed by atoms with Crippen molar-refractivity contribution in [3.63, 3.8) is 0 Å². The summed E-state index contributed by atoms with van der Waals surface area (Å²) in [5.41, 5.74) is 2.13. The van der Waals surface area contributed by atoms with Crippen LogP contribution in [0.2, 0.25) is 0 Å². The van der Waals surface area contributed by atoms with Gasteiger partial charge in [0, 0.05) is 23.0 Å². The van der Waals surface area contributed by atoms with E-state index in [9.17, 15) is 9.50 Å². The van der Waals surface area contributed by atoms with Crippen LogP contribution in [0, 0.1) is 5.82 Å². The number of rotatable bonds is 5. The number of hydrogen-bond acceptors (Lipinski definition) is 2. The van der Waals surface area contributed by atoms with Gasteiger partial charge in [-0.15, -0.1) is 0 Å². The molecule has 0 saturated heterocycles. The van der Waals surface area contributed by atoms with Gasteiger partial charge in [0.2, 0.25) is 0 Å². The highest BCUT2D eigenvalue weighted by Gasteiger charge is 2.20. The van der Waals surface area contributed by atoms with Crippen molar-refractivity contribution in [1.29, 1.82) is 0 Å². The second-order valence-electron chi connectivity index (χ2n) is 4.76. The number of nitrogens with zero attached hydrogens (tertiary/aromatic N) is 2. The van der Waals surface area contributed by atoms with Crippen LogP contribution in [-0.4, -0.2) is 14.9 Å². The molecule has 0 spiro atoms. The molecule has 0 bridgehead atoms. The number of aliphatic hydroxyl groups excluding tert-OH is 1. The first-order valence-electron chi connectivity index (χ1n) is 6.84. The minimum absolute atomic E-state index is 0.290. The van der Waals surface area contributed by atoms with Crippen LogP contribution in [0.15, 0.2) is 27.1 Å². The fourth-order valence-electron chi connectivity index (χ4n) is 2.28. The van der Waals surface area contributed by atoms with Gasteiger partial charge in [0.05, 0.1) is 22.0 Å². The Balaban J connectivity index is 2.33. The molecular formula is C15H17Br2FN2O. The van der Waals surface area contributed by atoms with Crippen LogP contribution in [0.4, 0.5) is 4.39 Å². The highest BCUT2D eigenvalue weighted by atomic mass is 79.9. The molecule has 0 aliphatic heterocycles. The molecule has 0 radical (unpaired) electrons. The lowest BCUT2D eigenvalue weighted by Gasteiger charge is -2.14. The van der Waals surface area contributed by atoms with Gasteiger partial charge in [0.1, 0.15) is 5.82 Å². The summed E-state index contributed by atoms with van der Waals surface area (Å²) in [5.74, 6) is -0.403. The van der Waals surface area contributed by atoms with Crippen molar-refractivity contribution in [1.82, 2.24) is 9.78 Å². The van der Waals surface area contributed by atoms with E-state index in [1.54, 1.807) is 12.1 Å². The predicted molar refractivity (Wildman–Crippen MR) is 87.7 cm³/mol. The summed E-state index contributed by atoms with van der Waals surface area (Å²) in [6, 6.07) is 4.58. The average Bonchev–Trinajstić information content (AvgIpc) is 2.77. The Labute approximate surface area is 140 Å². The van der Waals surface area contributed by atoms with Gasteiger partial charge >= 0.3 is 0 Å². The topological polar surface area (TPSA) is 38.0 Å². The van der Waals surface area contributed by atoms with Crippen LogP contribution in [0.1, 0.15) is 36.9 Å². The number of aryl methyl sites for hydroxylation is 2. The third-order valence-corrected chi connectivity index (χ3v) is 4.81. The maximum absolute atomic E-state index is 13.9. The van der Waals surface area contributed by atoms with E-state index in [4.69, 9.17) is 0 Å². The van der Waals surface area contributed by atoms with Crippen molar-refractivity contribution in [2.75, 3.05) is 0 Å². The monoisotopic (exact) mass is 418 g/mol. The van der Waals surface area contributed by atoms with Crippen LogP contribution < -0.4 is 0 Å². The molecule has 1 unspecified atom stereocenters. The summed E-state index contributed by atoms with van der Waals surface area (Å²) in [6.07, 6.45) is 0.210. The minimum Gasteiger partial charge on any atom is -0.388 e. The van der Waals surface area contributed by atoms with Crippen LogP contribution >= 0.6 is 31.9 Å². The normalized spacial score (nSPS) is 12.7. The van der Waals surface area contributed by atoms with Gasteiger partial charge in [0.25, 0.3) is 0 Å². The molecule has 0 aliphatic rings. The zero-order valence-electron chi connectivity index (χ0n) is 11.9. The van der Waals surface area contributed by atoms with Crippen molar-refractivity contribution < 1.29 is 9.50 Å². The summed E-state index contributed by atoms with van der Waals surface area (Å²) in [5, 5.41) is 14.9. The third kappa shape index (κ3) is 3.55. The molecule has 3 nitrogen and oxygen atoms in total. The molecule has 1 heterocycles. The zero-order valence-corrected chi connectivity index (χ0v) is 15.1. The van der Waals surface area contributed by atoms with E-state index in [0.29, 0.717) is 13.0 Å². The molecule has 0 aliphatic carbocycles. The van der Waals surface area contributed by atoms with Gasteiger partial charge < -0.3 is 5.11 Å². The first-order valence-corrected chi connectivity index (χ1v) is 8.43. The van der Waals surface area contributed by atoms with E-state index in [-0.39, 0.29) is 5.56 Å². The van der Waals surface area contributed by atoms with E-state index < -0.39 is 11.9 Å². The number of aromatic nitrogens is 2. The van der Waals surface area contributed by atoms with Crippen molar-refractivity contribution >= 4 is 31.9 Å². The van der Waals surface area contributed by atoms with E-state index in [1.165, 1.54) is 6.07 Å².